The van der Waals surface area contributed by atoms with Crippen molar-refractivity contribution in [2.24, 2.45) is 5.41 Å². The summed E-state index contributed by atoms with van der Waals surface area (Å²) in [5.74, 6) is -2.46. The molecular weight excluding hydrogens is 162 g/mol. The van der Waals surface area contributed by atoms with Crippen LogP contribution in [0, 0.1) is 5.41 Å². The second kappa shape index (κ2) is 2.95. The number of hydrogen-bond acceptors (Lipinski definition) is 1. The van der Waals surface area contributed by atoms with Crippen molar-refractivity contribution in [3.05, 3.63) is 0 Å². The van der Waals surface area contributed by atoms with Gasteiger partial charge in [0.25, 0.3) is 5.92 Å². The minimum Gasteiger partial charge on any atom is -0.377 e. The lowest BCUT2D eigenvalue weighted by atomic mass is 9.90. The molecule has 0 aromatic rings. The van der Waals surface area contributed by atoms with Gasteiger partial charge >= 0.3 is 0 Å². The Kier molecular flexibility index (Phi) is 2.43. The van der Waals surface area contributed by atoms with Crippen molar-refractivity contribution >= 4 is 0 Å². The third-order valence-corrected chi connectivity index (χ3v) is 1.80. The summed E-state index contributed by atoms with van der Waals surface area (Å²) in [5.41, 5.74) is 0.0743. The molecule has 0 radical (unpaired) electrons. The number of alkyl halides is 2. The second-order valence-corrected chi connectivity index (χ2v) is 4.76. The Morgan fingerprint density at radius 1 is 1.33 bits per heavy atom. The molecule has 1 nitrogen and oxygen atoms in total. The van der Waals surface area contributed by atoms with Crippen LogP contribution in [0.2, 0.25) is 0 Å². The van der Waals surface area contributed by atoms with Crippen molar-refractivity contribution in [2.75, 3.05) is 6.61 Å². The Balaban J connectivity index is 2.12. The summed E-state index contributed by atoms with van der Waals surface area (Å²) < 4.78 is 30.0. The van der Waals surface area contributed by atoms with E-state index in [1.165, 1.54) is 0 Å². The number of hydrogen-bond donors (Lipinski definition) is 0. The van der Waals surface area contributed by atoms with E-state index in [1.807, 2.05) is 20.8 Å². The summed E-state index contributed by atoms with van der Waals surface area (Å²) in [6, 6.07) is 0. The van der Waals surface area contributed by atoms with Crippen molar-refractivity contribution in [3.63, 3.8) is 0 Å². The Hall–Kier alpha value is -0.180. The monoisotopic (exact) mass is 178 g/mol. The molecule has 1 aliphatic carbocycles. The third-order valence-electron chi connectivity index (χ3n) is 1.80. The average Bonchev–Trinajstić information content (AvgIpc) is 1.76. The standard InChI is InChI=1S/C9H16F2O/c1-8(2,3)6-12-7-4-9(10,11)5-7/h7H,4-6H2,1-3H3. The fourth-order valence-corrected chi connectivity index (χ4v) is 1.09. The smallest absolute Gasteiger partial charge is 0.253 e. The van der Waals surface area contributed by atoms with E-state index < -0.39 is 5.92 Å². The summed E-state index contributed by atoms with van der Waals surface area (Å²) in [7, 11) is 0. The minimum absolute atomic E-state index is 0.0743. The van der Waals surface area contributed by atoms with E-state index in [0.717, 1.165) is 0 Å². The normalized spacial score (nSPS) is 23.8. The van der Waals surface area contributed by atoms with E-state index in [9.17, 15) is 8.78 Å². The molecule has 0 spiro atoms. The summed E-state index contributed by atoms with van der Waals surface area (Å²) in [6.45, 7) is 6.66. The maximum atomic E-state index is 12.3. The summed E-state index contributed by atoms with van der Waals surface area (Å²) in [4.78, 5) is 0. The van der Waals surface area contributed by atoms with Crippen LogP contribution in [0.3, 0.4) is 0 Å². The van der Waals surface area contributed by atoms with Gasteiger partial charge in [-0.1, -0.05) is 20.8 Å². The van der Waals surface area contributed by atoms with Crippen molar-refractivity contribution in [1.29, 1.82) is 0 Å². The first-order valence-corrected chi connectivity index (χ1v) is 4.28. The van der Waals surface area contributed by atoms with Crippen molar-refractivity contribution in [3.8, 4) is 0 Å². The zero-order valence-corrected chi connectivity index (χ0v) is 7.86. The highest BCUT2D eigenvalue weighted by Gasteiger charge is 2.46. The third kappa shape index (κ3) is 3.05. The van der Waals surface area contributed by atoms with Crippen molar-refractivity contribution < 1.29 is 13.5 Å². The predicted molar refractivity (Wildman–Crippen MR) is 43.4 cm³/mol. The Morgan fingerprint density at radius 2 is 1.83 bits per heavy atom. The van der Waals surface area contributed by atoms with Crippen molar-refractivity contribution in [2.45, 2.75) is 45.6 Å². The maximum absolute atomic E-state index is 12.3. The van der Waals surface area contributed by atoms with Gasteiger partial charge in [-0.2, -0.15) is 0 Å². The molecule has 0 aliphatic heterocycles. The lowest BCUT2D eigenvalue weighted by Crippen LogP contribution is -2.42. The molecule has 0 bridgehead atoms. The molecule has 0 aromatic heterocycles. The molecule has 0 unspecified atom stereocenters. The highest BCUT2D eigenvalue weighted by atomic mass is 19.3. The van der Waals surface area contributed by atoms with Crippen LogP contribution in [0.25, 0.3) is 0 Å². The first-order valence-electron chi connectivity index (χ1n) is 4.28. The molecule has 0 atom stereocenters. The van der Waals surface area contributed by atoms with Gasteiger partial charge in [0, 0.05) is 12.8 Å². The van der Waals surface area contributed by atoms with Crippen LogP contribution in [-0.4, -0.2) is 18.6 Å². The van der Waals surface area contributed by atoms with E-state index >= 15 is 0 Å². The van der Waals surface area contributed by atoms with Crippen molar-refractivity contribution in [1.82, 2.24) is 0 Å². The van der Waals surface area contributed by atoms with Gasteiger partial charge in [-0.25, -0.2) is 8.78 Å². The highest BCUT2D eigenvalue weighted by Crippen LogP contribution is 2.39. The van der Waals surface area contributed by atoms with Crippen LogP contribution in [0.15, 0.2) is 0 Å². The van der Waals surface area contributed by atoms with Gasteiger partial charge in [0.1, 0.15) is 0 Å². The van der Waals surface area contributed by atoms with Gasteiger partial charge in [0.2, 0.25) is 0 Å². The highest BCUT2D eigenvalue weighted by molar-refractivity contribution is 4.87. The first-order chi connectivity index (χ1) is 5.29. The van der Waals surface area contributed by atoms with Gasteiger partial charge < -0.3 is 4.74 Å². The Labute approximate surface area is 72.1 Å². The average molecular weight is 178 g/mol. The molecule has 0 aromatic carbocycles. The molecule has 0 amide bonds. The van der Waals surface area contributed by atoms with Gasteiger partial charge in [-0.15, -0.1) is 0 Å². The van der Waals surface area contributed by atoms with Crippen LogP contribution in [0.4, 0.5) is 8.78 Å². The van der Waals surface area contributed by atoms with E-state index in [2.05, 4.69) is 0 Å². The van der Waals surface area contributed by atoms with Gasteiger partial charge in [-0.05, 0) is 5.41 Å². The molecule has 12 heavy (non-hydrogen) atoms. The topological polar surface area (TPSA) is 9.23 Å². The lowest BCUT2D eigenvalue weighted by Gasteiger charge is -2.36. The van der Waals surface area contributed by atoms with Gasteiger partial charge in [0.15, 0.2) is 0 Å². The predicted octanol–water partition coefficient (Wildman–Crippen LogP) is 2.85. The second-order valence-electron chi connectivity index (χ2n) is 4.76. The van der Waals surface area contributed by atoms with E-state index in [-0.39, 0.29) is 24.4 Å². The first kappa shape index (κ1) is 9.90. The van der Waals surface area contributed by atoms with Crippen LogP contribution in [0.1, 0.15) is 33.6 Å². The molecule has 0 N–H and O–H groups in total. The van der Waals surface area contributed by atoms with Gasteiger partial charge in [-0.3, -0.25) is 0 Å². The largest absolute Gasteiger partial charge is 0.377 e. The molecule has 1 saturated carbocycles. The van der Waals surface area contributed by atoms with Crippen LogP contribution >= 0.6 is 0 Å². The lowest BCUT2D eigenvalue weighted by molar-refractivity contribution is -0.173. The van der Waals surface area contributed by atoms with Gasteiger partial charge in [0.05, 0.1) is 12.7 Å². The molecular formula is C9H16F2O. The van der Waals surface area contributed by atoms with Crippen LogP contribution in [0.5, 0.6) is 0 Å². The fraction of sp³-hybridized carbons (Fsp3) is 1.00. The Bertz CT molecular complexity index is 152. The molecule has 0 saturated heterocycles. The zero-order valence-electron chi connectivity index (χ0n) is 7.86. The van der Waals surface area contributed by atoms with E-state index in [4.69, 9.17) is 4.74 Å². The minimum atomic E-state index is -2.46. The molecule has 3 heteroatoms. The molecule has 1 rings (SSSR count). The summed E-state index contributed by atoms with van der Waals surface area (Å²) in [6.07, 6.45) is -0.397. The number of ether oxygens (including phenoxy) is 1. The Morgan fingerprint density at radius 3 is 2.17 bits per heavy atom. The van der Waals surface area contributed by atoms with E-state index in [1.54, 1.807) is 0 Å². The molecule has 72 valence electrons. The zero-order chi connectivity index (χ0) is 9.41. The van der Waals surface area contributed by atoms with Crippen LogP contribution < -0.4 is 0 Å². The van der Waals surface area contributed by atoms with Crippen LogP contribution in [-0.2, 0) is 4.74 Å². The fourth-order valence-electron chi connectivity index (χ4n) is 1.09. The molecule has 1 fully saturated rings. The SMILES string of the molecule is CC(C)(C)COC1CC(F)(F)C1. The quantitative estimate of drug-likeness (QED) is 0.631. The molecule has 0 heterocycles. The summed E-state index contributed by atoms with van der Waals surface area (Å²) in [5, 5.41) is 0. The number of rotatable bonds is 2. The summed E-state index contributed by atoms with van der Waals surface area (Å²) >= 11 is 0. The number of halogens is 2. The maximum Gasteiger partial charge on any atom is 0.253 e. The van der Waals surface area contributed by atoms with E-state index in [0.29, 0.717) is 6.61 Å². The molecule has 1 aliphatic rings.